The number of carbonyl (C=O) groups excluding carboxylic acids is 1. The SMILES string of the molecule is CCOC(=O)/C=C1\C=Cc2cc(C3CCCCC3)ccc21. The molecule has 21 heavy (non-hydrogen) atoms. The van der Waals surface area contributed by atoms with Crippen LogP contribution in [0, 0.1) is 0 Å². The maximum Gasteiger partial charge on any atom is 0.331 e. The molecule has 110 valence electrons. The van der Waals surface area contributed by atoms with E-state index in [1.807, 2.05) is 13.0 Å². The first-order valence-electron chi connectivity index (χ1n) is 7.99. The molecule has 0 atom stereocenters. The third kappa shape index (κ3) is 3.10. The molecule has 0 N–H and O–H groups in total. The number of rotatable bonds is 3. The maximum absolute atomic E-state index is 11.6. The molecule has 3 rings (SSSR count). The van der Waals surface area contributed by atoms with Crippen molar-refractivity contribution in [3.63, 3.8) is 0 Å². The molecule has 0 amide bonds. The van der Waals surface area contributed by atoms with Gasteiger partial charge < -0.3 is 4.74 Å². The lowest BCUT2D eigenvalue weighted by molar-refractivity contribution is -0.137. The molecule has 0 radical (unpaired) electrons. The highest BCUT2D eigenvalue weighted by atomic mass is 16.5. The Labute approximate surface area is 126 Å². The molecule has 2 aliphatic rings. The summed E-state index contributed by atoms with van der Waals surface area (Å²) in [6.45, 7) is 2.24. The Morgan fingerprint density at radius 3 is 2.81 bits per heavy atom. The third-order valence-electron chi connectivity index (χ3n) is 4.47. The maximum atomic E-state index is 11.6. The average molecular weight is 282 g/mol. The molecule has 0 spiro atoms. The van der Waals surface area contributed by atoms with E-state index in [9.17, 15) is 4.79 Å². The van der Waals surface area contributed by atoms with Crippen molar-refractivity contribution in [3.05, 3.63) is 47.0 Å². The Hall–Kier alpha value is -1.83. The predicted octanol–water partition coefficient (Wildman–Crippen LogP) is 4.71. The van der Waals surface area contributed by atoms with Gasteiger partial charge in [-0.25, -0.2) is 4.79 Å². The number of benzene rings is 1. The molecule has 0 heterocycles. The van der Waals surface area contributed by atoms with Crippen LogP contribution in [0.5, 0.6) is 0 Å². The average Bonchev–Trinajstić information content (AvgIpc) is 2.91. The first kappa shape index (κ1) is 14.1. The van der Waals surface area contributed by atoms with Gasteiger partial charge in [-0.3, -0.25) is 0 Å². The zero-order valence-electron chi connectivity index (χ0n) is 12.6. The van der Waals surface area contributed by atoms with Crippen molar-refractivity contribution in [2.75, 3.05) is 6.61 Å². The lowest BCUT2D eigenvalue weighted by atomic mass is 9.83. The molecule has 0 bridgehead atoms. The second kappa shape index (κ2) is 6.30. The topological polar surface area (TPSA) is 26.3 Å². The quantitative estimate of drug-likeness (QED) is 0.593. The molecular weight excluding hydrogens is 260 g/mol. The van der Waals surface area contributed by atoms with Crippen LogP contribution in [-0.4, -0.2) is 12.6 Å². The summed E-state index contributed by atoms with van der Waals surface area (Å²) in [5.74, 6) is 0.455. The van der Waals surface area contributed by atoms with E-state index in [2.05, 4.69) is 24.3 Å². The minimum absolute atomic E-state index is 0.263. The fraction of sp³-hybridized carbons (Fsp3) is 0.421. The van der Waals surface area contributed by atoms with Gasteiger partial charge in [-0.2, -0.15) is 0 Å². The van der Waals surface area contributed by atoms with Crippen molar-refractivity contribution < 1.29 is 9.53 Å². The zero-order valence-corrected chi connectivity index (χ0v) is 12.6. The highest BCUT2D eigenvalue weighted by Gasteiger charge is 2.18. The molecule has 2 nitrogen and oxygen atoms in total. The standard InChI is InChI=1S/C19H22O2/c1-2-21-19(20)13-17-9-8-16-12-15(10-11-18(16)17)14-6-4-3-5-7-14/h8-14H,2-7H2,1H3/b17-13+. The van der Waals surface area contributed by atoms with Gasteiger partial charge in [-0.15, -0.1) is 0 Å². The van der Waals surface area contributed by atoms with E-state index in [0.717, 1.165) is 17.1 Å². The summed E-state index contributed by atoms with van der Waals surface area (Å²) in [5.41, 5.74) is 4.78. The minimum Gasteiger partial charge on any atom is -0.463 e. The number of carbonyl (C=O) groups is 1. The van der Waals surface area contributed by atoms with Crippen LogP contribution in [0.2, 0.25) is 0 Å². The molecule has 0 saturated heterocycles. The molecule has 0 aromatic heterocycles. The fourth-order valence-corrected chi connectivity index (χ4v) is 3.38. The second-order valence-corrected chi connectivity index (χ2v) is 5.87. The van der Waals surface area contributed by atoms with Crippen LogP contribution < -0.4 is 0 Å². The lowest BCUT2D eigenvalue weighted by Crippen LogP contribution is -2.05. The van der Waals surface area contributed by atoms with Crippen LogP contribution >= 0.6 is 0 Å². The molecule has 1 aromatic rings. The monoisotopic (exact) mass is 282 g/mol. The number of allylic oxidation sites excluding steroid dienone is 2. The van der Waals surface area contributed by atoms with Crippen molar-refractivity contribution in [1.82, 2.24) is 0 Å². The van der Waals surface area contributed by atoms with Gasteiger partial charge in [0.15, 0.2) is 0 Å². The molecule has 1 saturated carbocycles. The Balaban J connectivity index is 1.82. The Bertz CT molecular complexity index is 590. The van der Waals surface area contributed by atoms with Crippen LogP contribution in [0.15, 0.2) is 30.4 Å². The molecule has 0 aliphatic heterocycles. The summed E-state index contributed by atoms with van der Waals surface area (Å²) in [7, 11) is 0. The predicted molar refractivity (Wildman–Crippen MR) is 85.9 cm³/mol. The van der Waals surface area contributed by atoms with Gasteiger partial charge in [0.05, 0.1) is 6.61 Å². The van der Waals surface area contributed by atoms with Crippen LogP contribution in [-0.2, 0) is 9.53 Å². The van der Waals surface area contributed by atoms with E-state index in [0.29, 0.717) is 6.61 Å². The number of esters is 1. The fourth-order valence-electron chi connectivity index (χ4n) is 3.38. The molecule has 1 aromatic carbocycles. The largest absolute Gasteiger partial charge is 0.463 e. The lowest BCUT2D eigenvalue weighted by Gasteiger charge is -2.22. The van der Waals surface area contributed by atoms with Crippen LogP contribution in [0.25, 0.3) is 11.6 Å². The summed E-state index contributed by atoms with van der Waals surface area (Å²) in [4.78, 5) is 11.6. The summed E-state index contributed by atoms with van der Waals surface area (Å²) < 4.78 is 4.99. The van der Waals surface area contributed by atoms with Gasteiger partial charge in [-0.1, -0.05) is 49.6 Å². The third-order valence-corrected chi connectivity index (χ3v) is 4.47. The van der Waals surface area contributed by atoms with Crippen LogP contribution in [0.3, 0.4) is 0 Å². The summed E-state index contributed by atoms with van der Waals surface area (Å²) in [6.07, 6.45) is 12.4. The van der Waals surface area contributed by atoms with Crippen LogP contribution in [0.1, 0.15) is 61.6 Å². The minimum atomic E-state index is -0.263. The van der Waals surface area contributed by atoms with E-state index >= 15 is 0 Å². The van der Waals surface area contributed by atoms with E-state index < -0.39 is 0 Å². The van der Waals surface area contributed by atoms with E-state index in [1.165, 1.54) is 43.2 Å². The molecule has 2 heteroatoms. The Kier molecular flexibility index (Phi) is 4.23. The number of hydrogen-bond acceptors (Lipinski definition) is 2. The highest BCUT2D eigenvalue weighted by molar-refractivity contribution is 6.00. The molecule has 1 fully saturated rings. The van der Waals surface area contributed by atoms with Crippen molar-refractivity contribution >= 4 is 17.6 Å². The normalized spacial score (nSPS) is 19.8. The van der Waals surface area contributed by atoms with Gasteiger partial charge >= 0.3 is 5.97 Å². The van der Waals surface area contributed by atoms with E-state index in [4.69, 9.17) is 4.74 Å². The van der Waals surface area contributed by atoms with Gasteiger partial charge in [0.2, 0.25) is 0 Å². The number of ether oxygens (including phenoxy) is 1. The molecule has 2 aliphatic carbocycles. The van der Waals surface area contributed by atoms with Crippen molar-refractivity contribution in [1.29, 1.82) is 0 Å². The number of hydrogen-bond donors (Lipinski definition) is 0. The van der Waals surface area contributed by atoms with Crippen molar-refractivity contribution in [2.24, 2.45) is 0 Å². The summed E-state index contributed by atoms with van der Waals surface area (Å²) in [6, 6.07) is 6.69. The zero-order chi connectivity index (χ0) is 14.7. The second-order valence-electron chi connectivity index (χ2n) is 5.87. The number of fused-ring (bicyclic) bond motifs is 1. The summed E-state index contributed by atoms with van der Waals surface area (Å²) >= 11 is 0. The summed E-state index contributed by atoms with van der Waals surface area (Å²) in [5, 5.41) is 0. The van der Waals surface area contributed by atoms with Gasteiger partial charge in [0, 0.05) is 6.08 Å². The van der Waals surface area contributed by atoms with Crippen molar-refractivity contribution in [3.8, 4) is 0 Å². The first-order valence-corrected chi connectivity index (χ1v) is 7.99. The first-order chi connectivity index (χ1) is 10.3. The Morgan fingerprint density at radius 1 is 1.24 bits per heavy atom. The van der Waals surface area contributed by atoms with Gasteiger partial charge in [-0.05, 0) is 47.9 Å². The molecular formula is C19H22O2. The van der Waals surface area contributed by atoms with Crippen LogP contribution in [0.4, 0.5) is 0 Å². The van der Waals surface area contributed by atoms with Gasteiger partial charge in [0.25, 0.3) is 0 Å². The smallest absolute Gasteiger partial charge is 0.331 e. The highest BCUT2D eigenvalue weighted by Crippen LogP contribution is 2.36. The van der Waals surface area contributed by atoms with Gasteiger partial charge in [0.1, 0.15) is 0 Å². The van der Waals surface area contributed by atoms with E-state index in [-0.39, 0.29) is 5.97 Å². The Morgan fingerprint density at radius 2 is 2.05 bits per heavy atom. The van der Waals surface area contributed by atoms with E-state index in [1.54, 1.807) is 6.08 Å². The van der Waals surface area contributed by atoms with Crippen molar-refractivity contribution in [2.45, 2.75) is 44.9 Å². The molecule has 0 unspecified atom stereocenters.